The van der Waals surface area contributed by atoms with Crippen LogP contribution in [0.3, 0.4) is 0 Å². The van der Waals surface area contributed by atoms with Gasteiger partial charge in [-0.2, -0.15) is 0 Å². The van der Waals surface area contributed by atoms with Crippen LogP contribution in [0.1, 0.15) is 0 Å². The highest BCUT2D eigenvalue weighted by Crippen LogP contribution is 2.00. The van der Waals surface area contributed by atoms with Gasteiger partial charge in [-0.15, -0.1) is 5.73 Å². The topological polar surface area (TPSA) is 23.9 Å². The third-order valence-corrected chi connectivity index (χ3v) is 1.52. The molecule has 0 saturated heterocycles. The molecule has 0 spiro atoms. The summed E-state index contributed by atoms with van der Waals surface area (Å²) in [5, 5.41) is 7.60. The zero-order valence-corrected chi connectivity index (χ0v) is 8.74. The maximum Gasteiger partial charge on any atom is 0.0688 e. The largest absolute Gasteiger partial charge is 0.300 e. The average molecular weight is 197 g/mol. The number of hydrogen-bond acceptors (Lipinski definition) is 1. The second kappa shape index (κ2) is 8.49. The van der Waals surface area contributed by atoms with Crippen LogP contribution in [0.15, 0.2) is 79.6 Å². The van der Waals surface area contributed by atoms with Crippen molar-refractivity contribution in [2.75, 3.05) is 0 Å². The smallest absolute Gasteiger partial charge is 0.0688 e. The van der Waals surface area contributed by atoms with Gasteiger partial charge < -0.3 is 0 Å². The molecule has 0 atom stereocenters. The van der Waals surface area contributed by atoms with Crippen LogP contribution in [0.5, 0.6) is 0 Å². The van der Waals surface area contributed by atoms with Crippen LogP contribution < -0.4 is 0 Å². The third-order valence-electron chi connectivity index (χ3n) is 1.52. The van der Waals surface area contributed by atoms with Crippen molar-refractivity contribution in [3.8, 4) is 0 Å². The molecule has 0 fully saturated rings. The first-order chi connectivity index (χ1) is 7.26. The van der Waals surface area contributed by atoms with Crippen LogP contribution in [0.25, 0.3) is 0 Å². The maximum absolute atomic E-state index is 7.60. The maximum atomic E-state index is 7.60. The van der Waals surface area contributed by atoms with Gasteiger partial charge in [0.2, 0.25) is 0 Å². The summed E-state index contributed by atoms with van der Waals surface area (Å²) >= 11 is 0. The second-order valence-electron chi connectivity index (χ2n) is 2.59. The number of rotatable bonds is 6. The van der Waals surface area contributed by atoms with E-state index in [0.29, 0.717) is 5.71 Å². The number of nitrogens with one attached hydrogen (secondary N) is 1. The number of allylic oxidation sites excluding steroid dienone is 9. The van der Waals surface area contributed by atoms with Crippen LogP contribution in [0.4, 0.5) is 0 Å². The van der Waals surface area contributed by atoms with E-state index in [0.717, 1.165) is 5.57 Å². The summed E-state index contributed by atoms with van der Waals surface area (Å²) in [5.41, 5.74) is 3.63. The van der Waals surface area contributed by atoms with Gasteiger partial charge in [0, 0.05) is 6.08 Å². The summed E-state index contributed by atoms with van der Waals surface area (Å²) < 4.78 is 0. The zero-order valence-electron chi connectivity index (χ0n) is 8.74. The normalized spacial score (nSPS) is 11.3. The summed E-state index contributed by atoms with van der Waals surface area (Å²) in [6.45, 7) is 10.6. The van der Waals surface area contributed by atoms with Crippen molar-refractivity contribution < 1.29 is 0 Å². The Balaban J connectivity index is 4.60. The van der Waals surface area contributed by atoms with E-state index in [1.54, 1.807) is 18.2 Å². The van der Waals surface area contributed by atoms with E-state index in [9.17, 15) is 0 Å². The first-order valence-electron chi connectivity index (χ1n) is 4.49. The van der Waals surface area contributed by atoms with Crippen LogP contribution >= 0.6 is 0 Å². The lowest BCUT2D eigenvalue weighted by molar-refractivity contribution is 1.51. The van der Waals surface area contributed by atoms with E-state index in [4.69, 9.17) is 5.41 Å². The first kappa shape index (κ1) is 12.9. The van der Waals surface area contributed by atoms with Crippen molar-refractivity contribution in [2.24, 2.45) is 0 Å². The van der Waals surface area contributed by atoms with Crippen molar-refractivity contribution in [3.63, 3.8) is 0 Å². The monoisotopic (exact) mass is 197 g/mol. The molecule has 0 saturated carbocycles. The Morgan fingerprint density at radius 1 is 1.07 bits per heavy atom. The highest BCUT2D eigenvalue weighted by atomic mass is 14.4. The van der Waals surface area contributed by atoms with Crippen molar-refractivity contribution >= 4 is 5.71 Å². The van der Waals surface area contributed by atoms with Gasteiger partial charge in [-0.1, -0.05) is 62.3 Å². The average Bonchev–Trinajstić information content (AvgIpc) is 2.23. The Labute approximate surface area is 91.3 Å². The van der Waals surface area contributed by atoms with E-state index in [2.05, 4.69) is 25.5 Å². The summed E-state index contributed by atoms with van der Waals surface area (Å²) in [5.74, 6) is 0. The van der Waals surface area contributed by atoms with E-state index in [1.807, 2.05) is 24.3 Å². The minimum Gasteiger partial charge on any atom is -0.300 e. The molecule has 0 heterocycles. The molecule has 0 aliphatic heterocycles. The molecule has 1 heteroatoms. The van der Waals surface area contributed by atoms with Gasteiger partial charge in [0.15, 0.2) is 0 Å². The Kier molecular flexibility index (Phi) is 7.29. The van der Waals surface area contributed by atoms with Gasteiger partial charge in [0.1, 0.15) is 0 Å². The van der Waals surface area contributed by atoms with Crippen LogP contribution in [-0.4, -0.2) is 5.71 Å². The molecule has 0 bridgehead atoms. The van der Waals surface area contributed by atoms with Gasteiger partial charge >= 0.3 is 0 Å². The van der Waals surface area contributed by atoms with E-state index >= 15 is 0 Å². The summed E-state index contributed by atoms with van der Waals surface area (Å²) in [6.07, 6.45) is 14.0. The molecule has 0 aliphatic rings. The van der Waals surface area contributed by atoms with Crippen LogP contribution in [-0.2, 0) is 0 Å². The van der Waals surface area contributed by atoms with Crippen LogP contribution in [0, 0.1) is 5.41 Å². The molecular formula is C14H15N. The summed E-state index contributed by atoms with van der Waals surface area (Å²) in [4.78, 5) is 0. The molecule has 0 aliphatic carbocycles. The lowest BCUT2D eigenvalue weighted by atomic mass is 10.1. The molecule has 0 amide bonds. The highest BCUT2D eigenvalue weighted by molar-refractivity contribution is 6.08. The molecule has 1 N–H and O–H groups in total. The molecule has 0 aromatic heterocycles. The van der Waals surface area contributed by atoms with Gasteiger partial charge in [-0.05, 0) is 5.57 Å². The quantitative estimate of drug-likeness (QED) is 0.381. The van der Waals surface area contributed by atoms with Gasteiger partial charge in [0.25, 0.3) is 0 Å². The lowest BCUT2D eigenvalue weighted by Crippen LogP contribution is -1.92. The molecule has 0 aromatic carbocycles. The fraction of sp³-hybridized carbons (Fsp3) is 0. The number of hydrogen-bond donors (Lipinski definition) is 1. The fourth-order valence-corrected chi connectivity index (χ4v) is 0.819. The van der Waals surface area contributed by atoms with Gasteiger partial charge in [-0.3, -0.25) is 5.41 Å². The molecule has 0 radical (unpaired) electrons. The minimum absolute atomic E-state index is 0.345. The molecule has 15 heavy (non-hydrogen) atoms. The van der Waals surface area contributed by atoms with Crippen molar-refractivity contribution in [1.82, 2.24) is 0 Å². The standard InChI is InChI=1S/C14H15N/c1-4-7-8-9-10-12-13(6-3)14(15)11-5-2/h4,6-12,15H,1-3H2/b8-7-,10-9-,13-12+,15-14?. The lowest BCUT2D eigenvalue weighted by Gasteiger charge is -1.94. The Bertz CT molecular complexity index is 372. The van der Waals surface area contributed by atoms with E-state index in [-0.39, 0.29) is 0 Å². The van der Waals surface area contributed by atoms with Crippen LogP contribution in [0.2, 0.25) is 0 Å². The molecular weight excluding hydrogens is 182 g/mol. The molecule has 0 unspecified atom stereocenters. The predicted molar refractivity (Wildman–Crippen MR) is 68.2 cm³/mol. The second-order valence-corrected chi connectivity index (χ2v) is 2.59. The van der Waals surface area contributed by atoms with Crippen molar-refractivity contribution in [2.45, 2.75) is 0 Å². The predicted octanol–water partition coefficient (Wildman–Crippen LogP) is 3.76. The van der Waals surface area contributed by atoms with Crippen molar-refractivity contribution in [3.05, 3.63) is 79.6 Å². The first-order valence-corrected chi connectivity index (χ1v) is 4.49. The summed E-state index contributed by atoms with van der Waals surface area (Å²) in [7, 11) is 0. The molecule has 0 rings (SSSR count). The van der Waals surface area contributed by atoms with E-state index < -0.39 is 0 Å². The SMILES string of the molecule is C=C=CC(=N)/C(C=C)=C/C=C\C=C/C=C. The minimum atomic E-state index is 0.345. The van der Waals surface area contributed by atoms with Crippen molar-refractivity contribution in [1.29, 1.82) is 5.41 Å². The molecule has 76 valence electrons. The molecule has 1 nitrogen and oxygen atoms in total. The Morgan fingerprint density at radius 2 is 1.73 bits per heavy atom. The van der Waals surface area contributed by atoms with Gasteiger partial charge in [0.05, 0.1) is 5.71 Å². The Morgan fingerprint density at radius 3 is 2.27 bits per heavy atom. The fourth-order valence-electron chi connectivity index (χ4n) is 0.819. The van der Waals surface area contributed by atoms with E-state index in [1.165, 1.54) is 6.08 Å². The third kappa shape index (κ3) is 6.03. The Hall–Kier alpha value is -2.11. The zero-order chi connectivity index (χ0) is 11.5. The molecule has 0 aromatic rings. The van der Waals surface area contributed by atoms with Gasteiger partial charge in [-0.25, -0.2) is 0 Å². The summed E-state index contributed by atoms with van der Waals surface area (Å²) in [6, 6.07) is 0. The highest BCUT2D eigenvalue weighted by Gasteiger charge is 1.93.